The first kappa shape index (κ1) is 13.8. The van der Waals surface area contributed by atoms with Gasteiger partial charge in [0.15, 0.2) is 6.29 Å². The molecule has 0 fully saturated rings. The Morgan fingerprint density at radius 2 is 1.76 bits per heavy atom. The summed E-state index contributed by atoms with van der Waals surface area (Å²) < 4.78 is 0. The van der Waals surface area contributed by atoms with Crippen LogP contribution in [-0.2, 0) is 6.42 Å². The maximum absolute atomic E-state index is 11.3. The van der Waals surface area contributed by atoms with E-state index in [1.54, 1.807) is 0 Å². The van der Waals surface area contributed by atoms with Crippen molar-refractivity contribution in [1.29, 1.82) is 0 Å². The number of carbonyl (C=O) groups excluding carboxylic acids is 1. The van der Waals surface area contributed by atoms with Crippen molar-refractivity contribution in [2.45, 2.75) is 33.6 Å². The summed E-state index contributed by atoms with van der Waals surface area (Å²) >= 11 is 0. The minimum Gasteiger partial charge on any atom is -0.298 e. The zero-order valence-electron chi connectivity index (χ0n) is 12.9. The van der Waals surface area contributed by atoms with Crippen LogP contribution >= 0.6 is 0 Å². The summed E-state index contributed by atoms with van der Waals surface area (Å²) in [5, 5.41) is 0. The molecule has 0 radical (unpaired) electrons. The average Bonchev–Trinajstić information content (AvgIpc) is 2.48. The van der Waals surface area contributed by atoms with Crippen LogP contribution in [0.3, 0.4) is 0 Å². The van der Waals surface area contributed by atoms with Crippen molar-refractivity contribution in [1.82, 2.24) is 0 Å². The summed E-state index contributed by atoms with van der Waals surface area (Å²) in [5.41, 5.74) is 9.56. The zero-order chi connectivity index (χ0) is 15.0. The van der Waals surface area contributed by atoms with Crippen molar-refractivity contribution in [3.63, 3.8) is 0 Å². The molecule has 0 N–H and O–H groups in total. The minimum absolute atomic E-state index is 0.860. The van der Waals surface area contributed by atoms with Crippen molar-refractivity contribution < 1.29 is 4.79 Å². The van der Waals surface area contributed by atoms with Gasteiger partial charge in [-0.25, -0.2) is 0 Å². The van der Waals surface area contributed by atoms with Gasteiger partial charge in [0.25, 0.3) is 0 Å². The highest BCUT2D eigenvalue weighted by Crippen LogP contribution is 2.35. The van der Waals surface area contributed by atoms with E-state index in [9.17, 15) is 4.79 Å². The van der Waals surface area contributed by atoms with E-state index in [4.69, 9.17) is 0 Å². The van der Waals surface area contributed by atoms with Crippen molar-refractivity contribution >= 4 is 11.9 Å². The summed E-state index contributed by atoms with van der Waals surface area (Å²) in [7, 11) is 0. The van der Waals surface area contributed by atoms with E-state index in [0.29, 0.717) is 0 Å². The van der Waals surface area contributed by atoms with Crippen LogP contribution in [0.4, 0.5) is 0 Å². The van der Waals surface area contributed by atoms with E-state index in [-0.39, 0.29) is 0 Å². The fourth-order valence-corrected chi connectivity index (χ4v) is 3.26. The number of aldehydes is 1. The standard InChI is InChI=1S/C20H20O/c1-13-7-9-16(10-8-13)18-6-4-5-17-15(3)20(12-21)14(2)11-19(17)18/h6-12H,4-5H2,1-3H3. The SMILES string of the molecule is Cc1ccc(C2=CCCc3c2cc(C)c(C=O)c3C)cc1. The molecule has 21 heavy (non-hydrogen) atoms. The van der Waals surface area contributed by atoms with Gasteiger partial charge in [0, 0.05) is 5.56 Å². The molecule has 2 aromatic rings. The van der Waals surface area contributed by atoms with E-state index >= 15 is 0 Å². The summed E-state index contributed by atoms with van der Waals surface area (Å²) in [6.45, 7) is 6.21. The third-order valence-electron chi connectivity index (χ3n) is 4.48. The fourth-order valence-electron chi connectivity index (χ4n) is 3.26. The molecule has 0 aromatic heterocycles. The first-order valence-corrected chi connectivity index (χ1v) is 7.47. The Hall–Kier alpha value is -2.15. The molecular weight excluding hydrogens is 256 g/mol. The van der Waals surface area contributed by atoms with E-state index in [1.807, 2.05) is 6.92 Å². The van der Waals surface area contributed by atoms with Crippen LogP contribution in [0.1, 0.15) is 50.2 Å². The van der Waals surface area contributed by atoms with Gasteiger partial charge in [-0.1, -0.05) is 42.0 Å². The number of hydrogen-bond acceptors (Lipinski definition) is 1. The second kappa shape index (κ2) is 5.33. The molecule has 0 heterocycles. The van der Waals surface area contributed by atoms with Crippen molar-refractivity contribution in [2.24, 2.45) is 0 Å². The smallest absolute Gasteiger partial charge is 0.150 e. The molecule has 2 aromatic carbocycles. The predicted octanol–water partition coefficient (Wildman–Crippen LogP) is 4.80. The summed E-state index contributed by atoms with van der Waals surface area (Å²) in [5.74, 6) is 0. The molecule has 0 unspecified atom stereocenters. The zero-order valence-corrected chi connectivity index (χ0v) is 12.9. The average molecular weight is 276 g/mol. The molecule has 1 aliphatic carbocycles. The van der Waals surface area contributed by atoms with Crippen molar-refractivity contribution in [3.05, 3.63) is 75.4 Å². The summed E-state index contributed by atoms with van der Waals surface area (Å²) in [4.78, 5) is 11.3. The Morgan fingerprint density at radius 1 is 1.05 bits per heavy atom. The lowest BCUT2D eigenvalue weighted by molar-refractivity contribution is 0.112. The van der Waals surface area contributed by atoms with Crippen molar-refractivity contribution in [3.8, 4) is 0 Å². The molecule has 0 spiro atoms. The van der Waals surface area contributed by atoms with Gasteiger partial charge >= 0.3 is 0 Å². The number of hydrogen-bond donors (Lipinski definition) is 0. The number of allylic oxidation sites excluding steroid dienone is 1. The number of benzene rings is 2. The van der Waals surface area contributed by atoms with Crippen LogP contribution in [0.2, 0.25) is 0 Å². The molecule has 0 amide bonds. The largest absolute Gasteiger partial charge is 0.298 e. The topological polar surface area (TPSA) is 17.1 Å². The molecule has 0 aliphatic heterocycles. The Balaban J connectivity index is 2.19. The number of aryl methyl sites for hydroxylation is 2. The lowest BCUT2D eigenvalue weighted by Gasteiger charge is -2.22. The van der Waals surface area contributed by atoms with Gasteiger partial charge in [0.1, 0.15) is 0 Å². The molecule has 0 atom stereocenters. The van der Waals surface area contributed by atoms with Crippen molar-refractivity contribution in [2.75, 3.05) is 0 Å². The number of rotatable bonds is 2. The minimum atomic E-state index is 0.860. The Labute approximate surface area is 126 Å². The second-order valence-electron chi connectivity index (χ2n) is 5.90. The highest BCUT2D eigenvalue weighted by atomic mass is 16.1. The first-order valence-electron chi connectivity index (χ1n) is 7.47. The first-order chi connectivity index (χ1) is 10.1. The monoisotopic (exact) mass is 276 g/mol. The fraction of sp³-hybridized carbons (Fsp3) is 0.250. The lowest BCUT2D eigenvalue weighted by Crippen LogP contribution is -2.07. The third kappa shape index (κ3) is 2.33. The Kier molecular flexibility index (Phi) is 3.50. The number of fused-ring (bicyclic) bond motifs is 1. The molecule has 0 bridgehead atoms. The van der Waals surface area contributed by atoms with Crippen LogP contribution in [0, 0.1) is 20.8 Å². The normalized spacial score (nSPS) is 13.6. The molecule has 1 heteroatoms. The molecule has 3 rings (SSSR count). The van der Waals surface area contributed by atoms with Crippen LogP contribution < -0.4 is 0 Å². The molecule has 0 saturated carbocycles. The van der Waals surface area contributed by atoms with E-state index in [0.717, 1.165) is 35.8 Å². The van der Waals surface area contributed by atoms with E-state index < -0.39 is 0 Å². The van der Waals surface area contributed by atoms with Crippen LogP contribution in [0.5, 0.6) is 0 Å². The maximum atomic E-state index is 11.3. The predicted molar refractivity (Wildman–Crippen MR) is 87.9 cm³/mol. The maximum Gasteiger partial charge on any atom is 0.150 e. The van der Waals surface area contributed by atoms with E-state index in [2.05, 4.69) is 50.3 Å². The van der Waals surface area contributed by atoms with Gasteiger partial charge in [-0.2, -0.15) is 0 Å². The second-order valence-corrected chi connectivity index (χ2v) is 5.90. The van der Waals surface area contributed by atoms with Gasteiger partial charge in [0.2, 0.25) is 0 Å². The lowest BCUT2D eigenvalue weighted by atomic mass is 9.82. The Morgan fingerprint density at radius 3 is 2.43 bits per heavy atom. The molecule has 0 saturated heterocycles. The van der Waals surface area contributed by atoms with E-state index in [1.165, 1.54) is 27.8 Å². The highest BCUT2D eigenvalue weighted by molar-refractivity contribution is 5.88. The molecule has 106 valence electrons. The molecule has 1 nitrogen and oxygen atoms in total. The Bertz CT molecular complexity index is 733. The van der Waals surface area contributed by atoms with Gasteiger partial charge < -0.3 is 0 Å². The van der Waals surface area contributed by atoms with Crippen LogP contribution in [0.15, 0.2) is 36.4 Å². The van der Waals surface area contributed by atoms with Gasteiger partial charge in [0.05, 0.1) is 0 Å². The molecular formula is C20H20O. The quantitative estimate of drug-likeness (QED) is 0.720. The molecule has 1 aliphatic rings. The van der Waals surface area contributed by atoms with Gasteiger partial charge in [-0.05, 0) is 67.0 Å². The van der Waals surface area contributed by atoms with Gasteiger partial charge in [-0.3, -0.25) is 4.79 Å². The van der Waals surface area contributed by atoms with Crippen LogP contribution in [-0.4, -0.2) is 6.29 Å². The number of carbonyl (C=O) groups is 1. The van der Waals surface area contributed by atoms with Gasteiger partial charge in [-0.15, -0.1) is 0 Å². The summed E-state index contributed by atoms with van der Waals surface area (Å²) in [6, 6.07) is 10.9. The highest BCUT2D eigenvalue weighted by Gasteiger charge is 2.19. The van der Waals surface area contributed by atoms with Crippen LogP contribution in [0.25, 0.3) is 5.57 Å². The third-order valence-corrected chi connectivity index (χ3v) is 4.48. The summed E-state index contributed by atoms with van der Waals surface area (Å²) in [6.07, 6.45) is 5.39.